The molecule has 0 N–H and O–H groups in total. The summed E-state index contributed by atoms with van der Waals surface area (Å²) < 4.78 is 0. The fraction of sp³-hybridized carbons (Fsp3) is 0.174. The van der Waals surface area contributed by atoms with E-state index in [1.165, 1.54) is 27.8 Å². The van der Waals surface area contributed by atoms with Crippen LogP contribution in [0.5, 0.6) is 0 Å². The zero-order valence-corrected chi connectivity index (χ0v) is 14.5. The molecule has 0 unspecified atom stereocenters. The second-order valence-corrected chi connectivity index (χ2v) is 6.45. The second kappa shape index (κ2) is 6.84. The smallest absolute Gasteiger partial charge is 0.193 e. The molecule has 1 nitrogen and oxygen atoms in total. The lowest BCUT2D eigenvalue weighted by atomic mass is 9.93. The molecule has 1 heteroatoms. The Morgan fingerprint density at radius 2 is 1.29 bits per heavy atom. The summed E-state index contributed by atoms with van der Waals surface area (Å²) in [5, 5.41) is 0. The van der Waals surface area contributed by atoms with Crippen LogP contribution in [0.2, 0.25) is 0 Å². The molecule has 3 rings (SSSR count). The van der Waals surface area contributed by atoms with Gasteiger partial charge in [0.1, 0.15) is 0 Å². The minimum atomic E-state index is 0.0739. The van der Waals surface area contributed by atoms with E-state index in [1.807, 2.05) is 42.5 Å². The molecule has 120 valence electrons. The van der Waals surface area contributed by atoms with E-state index in [1.54, 1.807) is 0 Å². The molecule has 0 aliphatic rings. The van der Waals surface area contributed by atoms with E-state index in [0.717, 1.165) is 17.5 Å². The third-order valence-corrected chi connectivity index (χ3v) is 4.47. The maximum Gasteiger partial charge on any atom is 0.193 e. The summed E-state index contributed by atoms with van der Waals surface area (Å²) in [4.78, 5) is 12.5. The lowest BCUT2D eigenvalue weighted by Crippen LogP contribution is -2.02. The first kappa shape index (κ1) is 16.2. The maximum atomic E-state index is 12.5. The van der Waals surface area contributed by atoms with E-state index in [4.69, 9.17) is 0 Å². The number of ketones is 1. The van der Waals surface area contributed by atoms with Crippen molar-refractivity contribution < 1.29 is 4.79 Å². The van der Waals surface area contributed by atoms with E-state index in [9.17, 15) is 4.79 Å². The molecule has 0 atom stereocenters. The summed E-state index contributed by atoms with van der Waals surface area (Å²) in [6.45, 7) is 6.47. The molecule has 0 fully saturated rings. The van der Waals surface area contributed by atoms with Crippen LogP contribution in [0.3, 0.4) is 0 Å². The van der Waals surface area contributed by atoms with Gasteiger partial charge in [0.05, 0.1) is 0 Å². The van der Waals surface area contributed by atoms with Crippen LogP contribution in [0.15, 0.2) is 66.7 Å². The van der Waals surface area contributed by atoms with Gasteiger partial charge in [0.15, 0.2) is 5.78 Å². The van der Waals surface area contributed by atoms with Crippen LogP contribution in [0.1, 0.15) is 43.7 Å². The number of hydrogen-bond acceptors (Lipinski definition) is 1. The highest BCUT2D eigenvalue weighted by Crippen LogP contribution is 2.21. The Kier molecular flexibility index (Phi) is 4.61. The summed E-state index contributed by atoms with van der Waals surface area (Å²) in [7, 11) is 0. The zero-order valence-electron chi connectivity index (χ0n) is 14.5. The molecule has 0 spiro atoms. The van der Waals surface area contributed by atoms with E-state index in [2.05, 4.69) is 45.0 Å². The Bertz CT molecular complexity index is 835. The molecule has 0 amide bonds. The van der Waals surface area contributed by atoms with Gasteiger partial charge in [-0.05, 0) is 49.4 Å². The Morgan fingerprint density at radius 3 is 1.88 bits per heavy atom. The number of aryl methyl sites for hydroxylation is 3. The quantitative estimate of drug-likeness (QED) is 0.587. The fourth-order valence-electron chi connectivity index (χ4n) is 3.22. The standard InChI is InChI=1S/C23H22O/c1-16-13-17(2)22(18(3)14-16)15-19-9-11-21(12-10-19)23(24)20-7-5-4-6-8-20/h4-14H,15H2,1-3H3. The fourth-order valence-corrected chi connectivity index (χ4v) is 3.22. The minimum absolute atomic E-state index is 0.0739. The van der Waals surface area contributed by atoms with Crippen LogP contribution in [0.4, 0.5) is 0 Å². The van der Waals surface area contributed by atoms with Gasteiger partial charge in [-0.15, -0.1) is 0 Å². The van der Waals surface area contributed by atoms with Crippen LogP contribution in [0, 0.1) is 20.8 Å². The first-order valence-corrected chi connectivity index (χ1v) is 8.30. The maximum absolute atomic E-state index is 12.5. The van der Waals surface area contributed by atoms with Crippen molar-refractivity contribution in [1.29, 1.82) is 0 Å². The average molecular weight is 314 g/mol. The molecule has 0 saturated heterocycles. The summed E-state index contributed by atoms with van der Waals surface area (Å²) in [6.07, 6.45) is 0.901. The number of carbonyl (C=O) groups is 1. The highest BCUT2D eigenvalue weighted by molar-refractivity contribution is 6.08. The van der Waals surface area contributed by atoms with Crippen molar-refractivity contribution in [2.75, 3.05) is 0 Å². The van der Waals surface area contributed by atoms with Crippen molar-refractivity contribution in [2.45, 2.75) is 27.2 Å². The molecule has 0 heterocycles. The third-order valence-electron chi connectivity index (χ3n) is 4.47. The largest absolute Gasteiger partial charge is 0.289 e. The Labute approximate surface area is 144 Å². The van der Waals surface area contributed by atoms with Crippen LogP contribution in [0.25, 0.3) is 0 Å². The van der Waals surface area contributed by atoms with Gasteiger partial charge in [0, 0.05) is 11.1 Å². The molecule has 3 aromatic rings. The number of rotatable bonds is 4. The molecule has 0 aromatic heterocycles. The van der Waals surface area contributed by atoms with Crippen LogP contribution in [-0.2, 0) is 6.42 Å². The van der Waals surface area contributed by atoms with E-state index < -0.39 is 0 Å². The predicted octanol–water partition coefficient (Wildman–Crippen LogP) is 5.43. The van der Waals surface area contributed by atoms with Gasteiger partial charge >= 0.3 is 0 Å². The van der Waals surface area contributed by atoms with Crippen LogP contribution < -0.4 is 0 Å². The molecule has 0 bridgehead atoms. The van der Waals surface area contributed by atoms with E-state index >= 15 is 0 Å². The van der Waals surface area contributed by atoms with Crippen molar-refractivity contribution in [2.24, 2.45) is 0 Å². The van der Waals surface area contributed by atoms with Gasteiger partial charge in [0.2, 0.25) is 0 Å². The lowest BCUT2D eigenvalue weighted by Gasteiger charge is -2.12. The molecular formula is C23H22O. The number of benzene rings is 3. The van der Waals surface area contributed by atoms with Crippen molar-refractivity contribution >= 4 is 5.78 Å². The van der Waals surface area contributed by atoms with Gasteiger partial charge in [0.25, 0.3) is 0 Å². The van der Waals surface area contributed by atoms with Gasteiger partial charge < -0.3 is 0 Å². The molecular weight excluding hydrogens is 292 g/mol. The summed E-state index contributed by atoms with van der Waals surface area (Å²) >= 11 is 0. The predicted molar refractivity (Wildman–Crippen MR) is 99.8 cm³/mol. The van der Waals surface area contributed by atoms with Crippen molar-refractivity contribution in [3.63, 3.8) is 0 Å². The first-order chi connectivity index (χ1) is 11.5. The van der Waals surface area contributed by atoms with Gasteiger partial charge in [-0.2, -0.15) is 0 Å². The van der Waals surface area contributed by atoms with Crippen LogP contribution in [-0.4, -0.2) is 5.78 Å². The summed E-state index contributed by atoms with van der Waals surface area (Å²) in [5.41, 5.74) is 8.04. The minimum Gasteiger partial charge on any atom is -0.289 e. The van der Waals surface area contributed by atoms with Crippen molar-refractivity contribution in [3.05, 3.63) is 106 Å². The zero-order chi connectivity index (χ0) is 17.1. The molecule has 3 aromatic carbocycles. The third kappa shape index (κ3) is 3.46. The SMILES string of the molecule is Cc1cc(C)c(Cc2ccc(C(=O)c3ccccc3)cc2)c(C)c1. The number of carbonyl (C=O) groups excluding carboxylic acids is 1. The first-order valence-electron chi connectivity index (χ1n) is 8.30. The highest BCUT2D eigenvalue weighted by Gasteiger charge is 2.09. The van der Waals surface area contributed by atoms with Crippen molar-refractivity contribution in [1.82, 2.24) is 0 Å². The van der Waals surface area contributed by atoms with Gasteiger partial charge in [-0.25, -0.2) is 0 Å². The summed E-state index contributed by atoms with van der Waals surface area (Å²) in [6, 6.07) is 21.9. The molecule has 0 aliphatic heterocycles. The van der Waals surface area contributed by atoms with Crippen molar-refractivity contribution in [3.8, 4) is 0 Å². The molecule has 0 aliphatic carbocycles. The van der Waals surface area contributed by atoms with E-state index in [0.29, 0.717) is 0 Å². The van der Waals surface area contributed by atoms with Gasteiger partial charge in [-0.3, -0.25) is 4.79 Å². The Hall–Kier alpha value is -2.67. The average Bonchev–Trinajstić information content (AvgIpc) is 2.59. The summed E-state index contributed by atoms with van der Waals surface area (Å²) in [5.74, 6) is 0.0739. The topological polar surface area (TPSA) is 17.1 Å². The molecule has 24 heavy (non-hydrogen) atoms. The number of hydrogen-bond donors (Lipinski definition) is 0. The lowest BCUT2D eigenvalue weighted by molar-refractivity contribution is 0.103. The van der Waals surface area contributed by atoms with E-state index in [-0.39, 0.29) is 5.78 Å². The normalized spacial score (nSPS) is 10.6. The molecule has 0 saturated carbocycles. The highest BCUT2D eigenvalue weighted by atomic mass is 16.1. The second-order valence-electron chi connectivity index (χ2n) is 6.45. The molecule has 0 radical (unpaired) electrons. The Balaban J connectivity index is 1.82. The Morgan fingerprint density at radius 1 is 0.750 bits per heavy atom. The monoisotopic (exact) mass is 314 g/mol. The van der Waals surface area contributed by atoms with Gasteiger partial charge in [-0.1, -0.05) is 72.3 Å². The van der Waals surface area contributed by atoms with Crippen LogP contribution >= 0.6 is 0 Å².